The lowest BCUT2D eigenvalue weighted by atomic mass is 9.77. The van der Waals surface area contributed by atoms with Gasteiger partial charge in [-0.3, -0.25) is 9.80 Å². The average molecular weight is 397 g/mol. The molecule has 4 atom stereocenters. The minimum absolute atomic E-state index is 0.165. The van der Waals surface area contributed by atoms with Crippen LogP contribution in [0.25, 0.3) is 5.69 Å². The zero-order chi connectivity index (χ0) is 19.8. The number of aliphatic hydroxyl groups is 1. The smallest absolute Gasteiger partial charge is 0.138 e. The first-order valence-corrected chi connectivity index (χ1v) is 10.9. The number of fused-ring (bicyclic) bond motifs is 1. The molecule has 3 aliphatic rings. The van der Waals surface area contributed by atoms with E-state index in [0.717, 1.165) is 70.3 Å². The summed E-state index contributed by atoms with van der Waals surface area (Å²) in [6, 6.07) is 8.97. The molecular weight excluding hydrogens is 364 g/mol. The van der Waals surface area contributed by atoms with Gasteiger partial charge in [0, 0.05) is 51.9 Å². The summed E-state index contributed by atoms with van der Waals surface area (Å²) in [5, 5.41) is 15.0. The molecule has 5 rings (SSSR count). The van der Waals surface area contributed by atoms with Crippen molar-refractivity contribution in [3.8, 4) is 5.69 Å². The first-order valence-electron chi connectivity index (χ1n) is 10.9. The molecule has 0 spiro atoms. The summed E-state index contributed by atoms with van der Waals surface area (Å²) in [6.45, 7) is 7.69. The summed E-state index contributed by atoms with van der Waals surface area (Å²) in [6.07, 6.45) is 5.23. The molecule has 0 amide bonds. The molecule has 7 nitrogen and oxygen atoms in total. The molecule has 2 aromatic rings. The van der Waals surface area contributed by atoms with Gasteiger partial charge in [-0.25, -0.2) is 9.67 Å². The topological polar surface area (TPSA) is 60.7 Å². The Bertz CT molecular complexity index is 786. The van der Waals surface area contributed by atoms with Gasteiger partial charge >= 0.3 is 0 Å². The number of hydrogen-bond donors (Lipinski definition) is 1. The zero-order valence-corrected chi connectivity index (χ0v) is 17.3. The number of aromatic nitrogens is 3. The maximum Gasteiger partial charge on any atom is 0.138 e. The fourth-order valence-electron chi connectivity index (χ4n) is 5.53. The van der Waals surface area contributed by atoms with Crippen LogP contribution in [0.5, 0.6) is 0 Å². The molecule has 1 N–H and O–H groups in total. The molecule has 1 aromatic heterocycles. The van der Waals surface area contributed by atoms with Crippen molar-refractivity contribution in [2.75, 3.05) is 46.3 Å². The maximum atomic E-state index is 10.8. The molecular formula is C22H32N6O. The lowest BCUT2D eigenvalue weighted by Gasteiger charge is -2.44. The van der Waals surface area contributed by atoms with Gasteiger partial charge in [-0.2, -0.15) is 5.10 Å². The van der Waals surface area contributed by atoms with Crippen molar-refractivity contribution in [2.24, 2.45) is 11.8 Å². The van der Waals surface area contributed by atoms with Gasteiger partial charge in [0.2, 0.25) is 0 Å². The highest BCUT2D eigenvalue weighted by atomic mass is 16.3. The van der Waals surface area contributed by atoms with Crippen LogP contribution in [0, 0.1) is 11.8 Å². The molecule has 0 unspecified atom stereocenters. The largest absolute Gasteiger partial charge is 0.391 e. The highest BCUT2D eigenvalue weighted by Crippen LogP contribution is 2.39. The monoisotopic (exact) mass is 396 g/mol. The highest BCUT2D eigenvalue weighted by molar-refractivity contribution is 5.33. The van der Waals surface area contributed by atoms with E-state index in [1.165, 1.54) is 5.56 Å². The van der Waals surface area contributed by atoms with Crippen LogP contribution in [0.2, 0.25) is 0 Å². The predicted octanol–water partition coefficient (Wildman–Crippen LogP) is 1.09. The Kier molecular flexibility index (Phi) is 5.39. The standard InChI is InChI=1S/C22H32N6O/c1-25-6-8-27(9-7-25)21-10-18-13-26(14-19(18)11-22(21)29)12-17-2-4-20(5-3-17)28-16-23-15-24-28/h2-5,15-16,18-19,21-22,29H,6-14H2,1H3/t18-,19+,21-,22-/m1/s1. The van der Waals surface area contributed by atoms with Gasteiger partial charge in [0.05, 0.1) is 11.8 Å². The third kappa shape index (κ3) is 4.10. The Balaban J connectivity index is 1.19. The molecule has 0 bridgehead atoms. The highest BCUT2D eigenvalue weighted by Gasteiger charge is 2.43. The van der Waals surface area contributed by atoms with Crippen LogP contribution in [0.4, 0.5) is 0 Å². The Hall–Kier alpha value is -1.80. The number of benzene rings is 1. The van der Waals surface area contributed by atoms with Crippen LogP contribution < -0.4 is 0 Å². The Morgan fingerprint density at radius 3 is 2.41 bits per heavy atom. The molecule has 7 heteroatoms. The normalized spacial score (nSPS) is 31.8. The molecule has 3 heterocycles. The number of piperazine rings is 1. The average Bonchev–Trinajstić information content (AvgIpc) is 3.38. The second-order valence-corrected chi connectivity index (χ2v) is 9.17. The second-order valence-electron chi connectivity index (χ2n) is 9.17. The molecule has 1 aliphatic carbocycles. The van der Waals surface area contributed by atoms with E-state index in [2.05, 4.69) is 56.1 Å². The summed E-state index contributed by atoms with van der Waals surface area (Å²) in [4.78, 5) is 11.5. The minimum atomic E-state index is -0.165. The van der Waals surface area contributed by atoms with E-state index in [0.29, 0.717) is 12.0 Å². The van der Waals surface area contributed by atoms with E-state index in [4.69, 9.17) is 0 Å². The number of hydrogen-bond acceptors (Lipinski definition) is 6. The van der Waals surface area contributed by atoms with Crippen molar-refractivity contribution in [3.63, 3.8) is 0 Å². The Labute approximate surface area is 172 Å². The fraction of sp³-hybridized carbons (Fsp3) is 0.636. The molecule has 29 heavy (non-hydrogen) atoms. The lowest BCUT2D eigenvalue weighted by Crippen LogP contribution is -2.55. The van der Waals surface area contributed by atoms with E-state index < -0.39 is 0 Å². The van der Waals surface area contributed by atoms with Crippen molar-refractivity contribution in [2.45, 2.75) is 31.5 Å². The third-order valence-corrected chi connectivity index (χ3v) is 7.22. The first kappa shape index (κ1) is 19.2. The van der Waals surface area contributed by atoms with E-state index in [1.807, 2.05) is 0 Å². The van der Waals surface area contributed by atoms with Gasteiger partial charge < -0.3 is 10.0 Å². The van der Waals surface area contributed by atoms with E-state index >= 15 is 0 Å². The van der Waals surface area contributed by atoms with Gasteiger partial charge in [-0.05, 0) is 49.4 Å². The van der Waals surface area contributed by atoms with Crippen molar-refractivity contribution in [1.29, 1.82) is 0 Å². The SMILES string of the molecule is CN1CCN([C@@H]2C[C@@H]3CN(Cc4ccc(-n5cncn5)cc4)C[C@@H]3C[C@H]2O)CC1. The van der Waals surface area contributed by atoms with Crippen LogP contribution in [-0.4, -0.2) is 93.0 Å². The Morgan fingerprint density at radius 1 is 1.00 bits per heavy atom. The number of aliphatic hydroxyl groups excluding tert-OH is 1. The predicted molar refractivity (Wildman–Crippen MR) is 112 cm³/mol. The first-order chi connectivity index (χ1) is 14.2. The van der Waals surface area contributed by atoms with Crippen LogP contribution >= 0.6 is 0 Å². The molecule has 1 saturated carbocycles. The van der Waals surface area contributed by atoms with Crippen molar-refractivity contribution >= 4 is 0 Å². The van der Waals surface area contributed by atoms with Crippen molar-refractivity contribution in [3.05, 3.63) is 42.5 Å². The van der Waals surface area contributed by atoms with Gasteiger partial charge in [0.15, 0.2) is 0 Å². The van der Waals surface area contributed by atoms with Crippen LogP contribution in [-0.2, 0) is 6.54 Å². The van der Waals surface area contributed by atoms with Crippen molar-refractivity contribution in [1.82, 2.24) is 29.5 Å². The number of likely N-dealkylation sites (N-methyl/N-ethyl adjacent to an activating group) is 1. The third-order valence-electron chi connectivity index (χ3n) is 7.22. The molecule has 0 radical (unpaired) electrons. The van der Waals surface area contributed by atoms with Gasteiger partial charge in [-0.1, -0.05) is 12.1 Å². The lowest BCUT2D eigenvalue weighted by molar-refractivity contribution is -0.0249. The van der Waals surface area contributed by atoms with Gasteiger partial charge in [0.1, 0.15) is 12.7 Å². The summed E-state index contributed by atoms with van der Waals surface area (Å²) in [5.74, 6) is 1.36. The molecule has 156 valence electrons. The Morgan fingerprint density at radius 2 is 1.72 bits per heavy atom. The number of rotatable bonds is 4. The maximum absolute atomic E-state index is 10.8. The number of likely N-dealkylation sites (tertiary alicyclic amines) is 1. The van der Waals surface area contributed by atoms with Crippen LogP contribution in [0.15, 0.2) is 36.9 Å². The van der Waals surface area contributed by atoms with Crippen LogP contribution in [0.3, 0.4) is 0 Å². The molecule has 1 aromatic carbocycles. The van der Waals surface area contributed by atoms with E-state index in [9.17, 15) is 5.11 Å². The number of nitrogens with zero attached hydrogens (tertiary/aromatic N) is 6. The van der Waals surface area contributed by atoms with Gasteiger partial charge in [0.25, 0.3) is 0 Å². The van der Waals surface area contributed by atoms with E-state index in [-0.39, 0.29) is 6.10 Å². The quantitative estimate of drug-likeness (QED) is 0.835. The summed E-state index contributed by atoms with van der Waals surface area (Å²) in [5.41, 5.74) is 2.38. The minimum Gasteiger partial charge on any atom is -0.391 e. The van der Waals surface area contributed by atoms with Crippen molar-refractivity contribution < 1.29 is 5.11 Å². The van der Waals surface area contributed by atoms with Crippen LogP contribution in [0.1, 0.15) is 18.4 Å². The fourth-order valence-corrected chi connectivity index (χ4v) is 5.53. The van der Waals surface area contributed by atoms with Gasteiger partial charge in [-0.15, -0.1) is 0 Å². The zero-order valence-electron chi connectivity index (χ0n) is 17.3. The summed E-state index contributed by atoms with van der Waals surface area (Å²) < 4.78 is 1.79. The molecule has 2 saturated heterocycles. The van der Waals surface area contributed by atoms with E-state index in [1.54, 1.807) is 17.3 Å². The second kappa shape index (κ2) is 8.14. The summed E-state index contributed by atoms with van der Waals surface area (Å²) >= 11 is 0. The molecule has 3 fully saturated rings. The summed E-state index contributed by atoms with van der Waals surface area (Å²) in [7, 11) is 2.19. The molecule has 2 aliphatic heterocycles.